The normalized spacial score (nSPS) is 17.7. The molecule has 0 radical (unpaired) electrons. The van der Waals surface area contributed by atoms with Gasteiger partial charge >= 0.3 is 12.1 Å². The van der Waals surface area contributed by atoms with Gasteiger partial charge < -0.3 is 10.4 Å². The van der Waals surface area contributed by atoms with E-state index in [-0.39, 0.29) is 29.1 Å². The molecular weight excluding hydrogens is 453 g/mol. The molecule has 2 aromatic rings. The number of aliphatic carboxylic acids is 1. The van der Waals surface area contributed by atoms with Gasteiger partial charge in [-0.15, -0.1) is 0 Å². The Bertz CT molecular complexity index is 1110. The molecule has 1 amide bonds. The first-order valence-electron chi connectivity index (χ1n) is 9.77. The van der Waals surface area contributed by atoms with Gasteiger partial charge in [-0.3, -0.25) is 9.36 Å². The minimum atomic E-state index is -5.08. The van der Waals surface area contributed by atoms with E-state index in [0.29, 0.717) is 11.4 Å². The number of hydrogen-bond donors (Lipinski definition) is 3. The Hall–Kier alpha value is -2.93. The minimum Gasteiger partial charge on any atom is -0.475 e. The highest BCUT2D eigenvalue weighted by Crippen LogP contribution is 2.26. The average molecular weight is 474 g/mol. The predicted octanol–water partition coefficient (Wildman–Crippen LogP) is 2.36. The predicted molar refractivity (Wildman–Crippen MR) is 106 cm³/mol. The third-order valence-corrected chi connectivity index (χ3v) is 6.56. The Kier molecular flexibility index (Phi) is 6.88. The summed E-state index contributed by atoms with van der Waals surface area (Å²) in [6, 6.07) is 6.89. The molecule has 2 aliphatic rings. The van der Waals surface area contributed by atoms with Crippen LogP contribution in [0, 0.1) is 0 Å². The number of para-hydroxylation sites is 1. The quantitative estimate of drug-likeness (QED) is 0.613. The van der Waals surface area contributed by atoms with Crippen molar-refractivity contribution < 1.29 is 36.3 Å². The summed E-state index contributed by atoms with van der Waals surface area (Å²) >= 11 is 0. The third kappa shape index (κ3) is 5.27. The minimum absolute atomic E-state index is 0.0322. The van der Waals surface area contributed by atoms with Crippen LogP contribution in [0.2, 0.25) is 0 Å². The molecule has 9 nitrogen and oxygen atoms in total. The SMILES string of the molecule is O=C(NC1CCCCC1)c1ncn2c1CNS(=O)(=O)c1ccccc1-2.O=C(O)C(F)(F)F. The second-order valence-corrected chi connectivity index (χ2v) is 9.05. The number of fused-ring (bicyclic) bond motifs is 3. The van der Waals surface area contributed by atoms with Crippen LogP contribution >= 0.6 is 0 Å². The van der Waals surface area contributed by atoms with Crippen molar-refractivity contribution in [3.8, 4) is 5.69 Å². The Labute approximate surface area is 181 Å². The van der Waals surface area contributed by atoms with Gasteiger partial charge in [0.2, 0.25) is 10.0 Å². The topological polar surface area (TPSA) is 130 Å². The fraction of sp³-hybridized carbons (Fsp3) is 0.421. The van der Waals surface area contributed by atoms with Crippen molar-refractivity contribution in [2.75, 3.05) is 0 Å². The van der Waals surface area contributed by atoms with E-state index in [0.717, 1.165) is 25.7 Å². The van der Waals surface area contributed by atoms with Crippen LogP contribution in [0.15, 0.2) is 35.5 Å². The number of sulfonamides is 1. The monoisotopic (exact) mass is 474 g/mol. The fourth-order valence-electron chi connectivity index (χ4n) is 3.57. The van der Waals surface area contributed by atoms with Crippen molar-refractivity contribution in [1.82, 2.24) is 19.6 Å². The number of imidazole rings is 1. The zero-order valence-corrected chi connectivity index (χ0v) is 17.5. The number of carboxylic acid groups (broad SMARTS) is 1. The highest BCUT2D eigenvalue weighted by Gasteiger charge is 2.38. The lowest BCUT2D eigenvalue weighted by atomic mass is 9.95. The molecule has 2 heterocycles. The zero-order chi connectivity index (χ0) is 23.5. The number of nitrogens with one attached hydrogen (secondary N) is 2. The van der Waals surface area contributed by atoms with Crippen molar-refractivity contribution in [3.63, 3.8) is 0 Å². The molecule has 1 aliphatic heterocycles. The molecular formula is C19H21F3N4O5S. The Balaban J connectivity index is 0.000000360. The van der Waals surface area contributed by atoms with E-state index in [1.807, 2.05) is 0 Å². The van der Waals surface area contributed by atoms with Gasteiger partial charge in [0.15, 0.2) is 5.69 Å². The number of carbonyl (C=O) groups is 2. The smallest absolute Gasteiger partial charge is 0.475 e. The van der Waals surface area contributed by atoms with Crippen LogP contribution in [0.1, 0.15) is 48.3 Å². The maximum Gasteiger partial charge on any atom is 0.490 e. The number of hydrogen-bond acceptors (Lipinski definition) is 5. The van der Waals surface area contributed by atoms with Crippen LogP contribution in [-0.4, -0.2) is 47.2 Å². The molecule has 0 atom stereocenters. The Morgan fingerprint density at radius 3 is 2.41 bits per heavy atom. The number of carboxylic acids is 1. The van der Waals surface area contributed by atoms with Crippen LogP contribution in [0.4, 0.5) is 13.2 Å². The Morgan fingerprint density at radius 1 is 1.16 bits per heavy atom. The molecule has 1 aromatic carbocycles. The van der Waals surface area contributed by atoms with Gasteiger partial charge in [-0.05, 0) is 25.0 Å². The maximum atomic E-state index is 12.7. The number of rotatable bonds is 2. The molecule has 1 aliphatic carbocycles. The lowest BCUT2D eigenvalue weighted by molar-refractivity contribution is -0.192. The number of carbonyl (C=O) groups excluding carboxylic acids is 1. The van der Waals surface area contributed by atoms with Crippen LogP contribution in [0.3, 0.4) is 0 Å². The van der Waals surface area contributed by atoms with Gasteiger partial charge in [0.25, 0.3) is 5.91 Å². The van der Waals surface area contributed by atoms with Crippen molar-refractivity contribution in [2.45, 2.75) is 55.8 Å². The van der Waals surface area contributed by atoms with E-state index in [1.54, 1.807) is 28.8 Å². The number of amides is 1. The van der Waals surface area contributed by atoms with Gasteiger partial charge in [-0.1, -0.05) is 31.4 Å². The van der Waals surface area contributed by atoms with Gasteiger partial charge in [0, 0.05) is 6.04 Å². The molecule has 1 fully saturated rings. The molecule has 3 N–H and O–H groups in total. The number of aromatic nitrogens is 2. The second kappa shape index (κ2) is 9.28. The van der Waals surface area contributed by atoms with Crippen molar-refractivity contribution >= 4 is 21.9 Å². The molecule has 174 valence electrons. The lowest BCUT2D eigenvalue weighted by Gasteiger charge is -2.22. The van der Waals surface area contributed by atoms with Crippen molar-refractivity contribution in [3.05, 3.63) is 42.0 Å². The Morgan fingerprint density at radius 2 is 1.78 bits per heavy atom. The molecule has 32 heavy (non-hydrogen) atoms. The zero-order valence-electron chi connectivity index (χ0n) is 16.7. The van der Waals surface area contributed by atoms with Crippen LogP contribution < -0.4 is 10.0 Å². The number of alkyl halides is 3. The summed E-state index contributed by atoms with van der Waals surface area (Å²) in [4.78, 5) is 26.0. The van der Waals surface area contributed by atoms with E-state index in [1.165, 1.54) is 12.7 Å². The highest BCUT2D eigenvalue weighted by molar-refractivity contribution is 7.89. The first-order chi connectivity index (χ1) is 15.0. The standard InChI is InChI=1S/C17H20N4O3S.C2HF3O2/c22-17(20-12-6-2-1-3-7-12)16-14-10-19-25(23,24)15-9-5-4-8-13(15)21(14)11-18-16;3-2(4,5)1(6)7/h4-5,8-9,11-12,19H,1-3,6-7,10H2,(H,20,22);(H,6,7). The summed E-state index contributed by atoms with van der Waals surface area (Å²) in [7, 11) is -3.62. The molecule has 1 aromatic heterocycles. The molecule has 13 heteroatoms. The molecule has 0 spiro atoms. The summed E-state index contributed by atoms with van der Waals surface area (Å²) in [5.41, 5.74) is 1.35. The summed E-state index contributed by atoms with van der Waals surface area (Å²) in [6.07, 6.45) is 1.87. The summed E-state index contributed by atoms with van der Waals surface area (Å²) in [6.45, 7) is 0.0322. The third-order valence-electron chi connectivity index (χ3n) is 5.11. The van der Waals surface area contributed by atoms with Crippen LogP contribution in [0.25, 0.3) is 5.69 Å². The van der Waals surface area contributed by atoms with E-state index >= 15 is 0 Å². The van der Waals surface area contributed by atoms with Gasteiger partial charge in [-0.2, -0.15) is 13.2 Å². The van der Waals surface area contributed by atoms with Crippen molar-refractivity contribution in [1.29, 1.82) is 0 Å². The first kappa shape index (κ1) is 23.7. The fourth-order valence-corrected chi connectivity index (χ4v) is 4.75. The van der Waals surface area contributed by atoms with Gasteiger partial charge in [0.05, 0.1) is 17.9 Å². The van der Waals surface area contributed by atoms with E-state index in [2.05, 4.69) is 15.0 Å². The molecule has 0 bridgehead atoms. The lowest BCUT2D eigenvalue weighted by Crippen LogP contribution is -2.37. The number of halogens is 3. The maximum absolute atomic E-state index is 12.7. The van der Waals surface area contributed by atoms with E-state index in [9.17, 15) is 26.4 Å². The molecule has 1 saturated carbocycles. The van der Waals surface area contributed by atoms with Crippen LogP contribution in [-0.2, 0) is 21.4 Å². The van der Waals surface area contributed by atoms with Crippen LogP contribution in [0.5, 0.6) is 0 Å². The van der Waals surface area contributed by atoms with Gasteiger partial charge in [0.1, 0.15) is 11.2 Å². The first-order valence-corrected chi connectivity index (χ1v) is 11.3. The molecule has 4 rings (SSSR count). The number of benzene rings is 1. The summed E-state index contributed by atoms with van der Waals surface area (Å²) in [5.74, 6) is -2.99. The second-order valence-electron chi connectivity index (χ2n) is 7.31. The van der Waals surface area contributed by atoms with E-state index in [4.69, 9.17) is 9.90 Å². The summed E-state index contributed by atoms with van der Waals surface area (Å²) in [5, 5.41) is 10.2. The van der Waals surface area contributed by atoms with E-state index < -0.39 is 22.2 Å². The number of nitrogens with zero attached hydrogens (tertiary/aromatic N) is 2. The highest BCUT2D eigenvalue weighted by atomic mass is 32.2. The largest absolute Gasteiger partial charge is 0.490 e. The molecule has 0 unspecified atom stereocenters. The van der Waals surface area contributed by atoms with Gasteiger partial charge in [-0.25, -0.2) is 22.9 Å². The molecule has 0 saturated heterocycles. The summed E-state index contributed by atoms with van der Waals surface area (Å²) < 4.78 is 60.8. The average Bonchev–Trinajstić information content (AvgIpc) is 3.12. The van der Waals surface area contributed by atoms with Crippen molar-refractivity contribution in [2.24, 2.45) is 0 Å².